The van der Waals surface area contributed by atoms with Crippen LogP contribution in [0.25, 0.3) is 11.4 Å². The molecule has 28 heavy (non-hydrogen) atoms. The van der Waals surface area contributed by atoms with Crippen LogP contribution in [-0.4, -0.2) is 33.1 Å². The fourth-order valence-corrected chi connectivity index (χ4v) is 3.32. The zero-order valence-corrected chi connectivity index (χ0v) is 16.5. The van der Waals surface area contributed by atoms with Gasteiger partial charge in [-0.3, -0.25) is 4.79 Å². The SMILES string of the molecule is COc1ccc(C)cc1NC(=O)[C@H](C)Sc1nnc(-c2ccccc2F)n1N. The lowest BCUT2D eigenvalue weighted by molar-refractivity contribution is -0.115. The summed E-state index contributed by atoms with van der Waals surface area (Å²) >= 11 is 1.13. The van der Waals surface area contributed by atoms with Crippen molar-refractivity contribution in [3.63, 3.8) is 0 Å². The van der Waals surface area contributed by atoms with Crippen molar-refractivity contribution in [3.8, 4) is 17.1 Å². The highest BCUT2D eigenvalue weighted by atomic mass is 32.2. The number of rotatable bonds is 6. The first kappa shape index (κ1) is 19.7. The lowest BCUT2D eigenvalue weighted by Gasteiger charge is -2.14. The van der Waals surface area contributed by atoms with E-state index in [0.717, 1.165) is 17.3 Å². The summed E-state index contributed by atoms with van der Waals surface area (Å²) in [5.74, 6) is 6.09. The summed E-state index contributed by atoms with van der Waals surface area (Å²) in [5, 5.41) is 10.6. The molecular weight excluding hydrogens is 381 g/mol. The van der Waals surface area contributed by atoms with Crippen molar-refractivity contribution in [2.24, 2.45) is 0 Å². The fraction of sp³-hybridized carbons (Fsp3) is 0.211. The number of amides is 1. The molecule has 9 heteroatoms. The van der Waals surface area contributed by atoms with Gasteiger partial charge in [0.05, 0.1) is 23.6 Å². The number of thioether (sulfide) groups is 1. The Bertz CT molecular complexity index is 1010. The van der Waals surface area contributed by atoms with Crippen LogP contribution in [0.4, 0.5) is 10.1 Å². The van der Waals surface area contributed by atoms with Crippen molar-refractivity contribution < 1.29 is 13.9 Å². The Morgan fingerprint density at radius 2 is 2.04 bits per heavy atom. The summed E-state index contributed by atoms with van der Waals surface area (Å²) in [5.41, 5.74) is 1.82. The Balaban J connectivity index is 1.75. The number of hydrogen-bond acceptors (Lipinski definition) is 6. The van der Waals surface area contributed by atoms with E-state index in [2.05, 4.69) is 15.5 Å². The molecule has 1 aromatic heterocycles. The minimum Gasteiger partial charge on any atom is -0.495 e. The van der Waals surface area contributed by atoms with Crippen LogP contribution in [0.2, 0.25) is 0 Å². The molecule has 1 heterocycles. The average Bonchev–Trinajstić information content (AvgIpc) is 3.02. The molecule has 0 aliphatic rings. The molecule has 0 spiro atoms. The molecule has 3 rings (SSSR count). The van der Waals surface area contributed by atoms with Crippen LogP contribution < -0.4 is 15.9 Å². The van der Waals surface area contributed by atoms with Crippen LogP contribution in [-0.2, 0) is 4.79 Å². The Kier molecular flexibility index (Phi) is 5.84. The summed E-state index contributed by atoms with van der Waals surface area (Å²) in [6.45, 7) is 3.65. The van der Waals surface area contributed by atoms with Crippen LogP contribution in [0.3, 0.4) is 0 Å². The van der Waals surface area contributed by atoms with E-state index in [-0.39, 0.29) is 17.3 Å². The zero-order chi connectivity index (χ0) is 20.3. The summed E-state index contributed by atoms with van der Waals surface area (Å²) in [7, 11) is 1.54. The van der Waals surface area contributed by atoms with Crippen LogP contribution in [0, 0.1) is 12.7 Å². The molecule has 0 bridgehead atoms. The predicted octanol–water partition coefficient (Wildman–Crippen LogP) is 3.23. The van der Waals surface area contributed by atoms with E-state index in [1.807, 2.05) is 19.1 Å². The minimum atomic E-state index is -0.523. The number of carbonyl (C=O) groups is 1. The number of benzene rings is 2. The number of anilines is 1. The Labute approximate surface area is 166 Å². The maximum Gasteiger partial charge on any atom is 0.237 e. The molecule has 1 amide bonds. The van der Waals surface area contributed by atoms with Gasteiger partial charge in [0.1, 0.15) is 11.6 Å². The lowest BCUT2D eigenvalue weighted by atomic mass is 10.2. The number of aryl methyl sites for hydroxylation is 1. The monoisotopic (exact) mass is 401 g/mol. The number of carbonyl (C=O) groups excluding carboxylic acids is 1. The van der Waals surface area contributed by atoms with Gasteiger partial charge in [0, 0.05) is 0 Å². The lowest BCUT2D eigenvalue weighted by Crippen LogP contribution is -2.24. The van der Waals surface area contributed by atoms with Gasteiger partial charge in [-0.1, -0.05) is 30.0 Å². The molecular formula is C19H20FN5O2S. The van der Waals surface area contributed by atoms with Crippen molar-refractivity contribution in [1.82, 2.24) is 14.9 Å². The molecule has 2 aromatic carbocycles. The molecule has 0 radical (unpaired) electrons. The van der Waals surface area contributed by atoms with Crippen LogP contribution in [0.5, 0.6) is 5.75 Å². The van der Waals surface area contributed by atoms with E-state index >= 15 is 0 Å². The first-order valence-electron chi connectivity index (χ1n) is 8.48. The van der Waals surface area contributed by atoms with Gasteiger partial charge in [0.15, 0.2) is 5.82 Å². The Morgan fingerprint density at radius 3 is 2.75 bits per heavy atom. The molecule has 0 saturated carbocycles. The summed E-state index contributed by atoms with van der Waals surface area (Å²) < 4.78 is 20.4. The molecule has 0 unspecified atom stereocenters. The standard InChI is InChI=1S/C19H20FN5O2S/c1-11-8-9-16(27-3)15(10-11)22-18(26)12(2)28-19-24-23-17(25(19)21)13-6-4-5-7-14(13)20/h4-10,12H,21H2,1-3H3,(H,22,26)/t12-/m0/s1. The molecule has 3 N–H and O–H groups in total. The normalized spacial score (nSPS) is 11.9. The van der Waals surface area contributed by atoms with E-state index in [1.54, 1.807) is 38.3 Å². The molecule has 1 atom stereocenters. The van der Waals surface area contributed by atoms with Gasteiger partial charge in [0.2, 0.25) is 11.1 Å². The number of nitrogens with zero attached hydrogens (tertiary/aromatic N) is 3. The topological polar surface area (TPSA) is 95.1 Å². The largest absolute Gasteiger partial charge is 0.495 e. The highest BCUT2D eigenvalue weighted by Crippen LogP contribution is 2.29. The van der Waals surface area contributed by atoms with Crippen molar-refractivity contribution in [1.29, 1.82) is 0 Å². The second-order valence-corrected chi connectivity index (χ2v) is 7.42. The first-order valence-corrected chi connectivity index (χ1v) is 9.36. The molecule has 0 fully saturated rings. The maximum absolute atomic E-state index is 14.0. The summed E-state index contributed by atoms with van der Waals surface area (Å²) in [4.78, 5) is 12.6. The molecule has 146 valence electrons. The van der Waals surface area contributed by atoms with E-state index in [0.29, 0.717) is 16.6 Å². The number of ether oxygens (including phenoxy) is 1. The highest BCUT2D eigenvalue weighted by Gasteiger charge is 2.22. The van der Waals surface area contributed by atoms with Crippen molar-refractivity contribution in [2.75, 3.05) is 18.3 Å². The number of nitrogens with one attached hydrogen (secondary N) is 1. The smallest absolute Gasteiger partial charge is 0.237 e. The van der Waals surface area contributed by atoms with Crippen LogP contribution >= 0.6 is 11.8 Å². The molecule has 0 aliphatic heterocycles. The number of nitrogen functional groups attached to an aromatic ring is 1. The summed E-state index contributed by atoms with van der Waals surface area (Å²) in [6, 6.07) is 11.7. The zero-order valence-electron chi connectivity index (χ0n) is 15.6. The second kappa shape index (κ2) is 8.30. The third kappa shape index (κ3) is 4.09. The average molecular weight is 401 g/mol. The highest BCUT2D eigenvalue weighted by molar-refractivity contribution is 8.00. The quantitative estimate of drug-likeness (QED) is 0.486. The van der Waals surface area contributed by atoms with Gasteiger partial charge in [-0.15, -0.1) is 10.2 Å². The van der Waals surface area contributed by atoms with E-state index < -0.39 is 11.1 Å². The number of halogens is 1. The van der Waals surface area contributed by atoms with Crippen LogP contribution in [0.15, 0.2) is 47.6 Å². The van der Waals surface area contributed by atoms with Gasteiger partial charge in [-0.05, 0) is 43.7 Å². The third-order valence-corrected chi connectivity index (χ3v) is 5.10. The van der Waals surface area contributed by atoms with Gasteiger partial charge >= 0.3 is 0 Å². The number of aromatic nitrogens is 3. The minimum absolute atomic E-state index is 0.188. The predicted molar refractivity (Wildman–Crippen MR) is 107 cm³/mol. The van der Waals surface area contributed by atoms with E-state index in [9.17, 15) is 9.18 Å². The van der Waals surface area contributed by atoms with E-state index in [4.69, 9.17) is 10.6 Å². The summed E-state index contributed by atoms with van der Waals surface area (Å²) in [6.07, 6.45) is 0. The van der Waals surface area contributed by atoms with Gasteiger partial charge in [-0.25, -0.2) is 9.07 Å². The maximum atomic E-state index is 14.0. The fourth-order valence-electron chi connectivity index (χ4n) is 2.55. The van der Waals surface area contributed by atoms with Crippen molar-refractivity contribution in [2.45, 2.75) is 24.3 Å². The molecule has 0 saturated heterocycles. The van der Waals surface area contributed by atoms with E-state index in [1.165, 1.54) is 10.7 Å². The van der Waals surface area contributed by atoms with Gasteiger partial charge in [0.25, 0.3) is 0 Å². The second-order valence-electron chi connectivity index (χ2n) is 6.11. The molecule has 0 aliphatic carbocycles. The van der Waals surface area contributed by atoms with Crippen molar-refractivity contribution in [3.05, 3.63) is 53.8 Å². The Hall–Kier alpha value is -3.07. The van der Waals surface area contributed by atoms with Gasteiger partial charge < -0.3 is 15.9 Å². The Morgan fingerprint density at radius 1 is 1.29 bits per heavy atom. The number of methoxy groups -OCH3 is 1. The van der Waals surface area contributed by atoms with Gasteiger partial charge in [-0.2, -0.15) is 0 Å². The number of hydrogen-bond donors (Lipinski definition) is 2. The molecule has 7 nitrogen and oxygen atoms in total. The van der Waals surface area contributed by atoms with Crippen LogP contribution in [0.1, 0.15) is 12.5 Å². The third-order valence-electron chi connectivity index (χ3n) is 4.04. The first-order chi connectivity index (χ1) is 13.4. The van der Waals surface area contributed by atoms with Crippen molar-refractivity contribution >= 4 is 23.4 Å². The number of nitrogens with two attached hydrogens (primary N) is 1. The molecule has 3 aromatic rings.